The summed E-state index contributed by atoms with van der Waals surface area (Å²) >= 11 is 0. The predicted molar refractivity (Wildman–Crippen MR) is 113 cm³/mol. The van der Waals surface area contributed by atoms with Gasteiger partial charge in [-0.3, -0.25) is 0 Å². The van der Waals surface area contributed by atoms with Crippen LogP contribution in [0.2, 0.25) is 0 Å². The number of phenols is 2. The molecule has 0 heterocycles. The molecule has 0 amide bonds. The lowest BCUT2D eigenvalue weighted by molar-refractivity contribution is 0.319. The molecule has 0 atom stereocenters. The van der Waals surface area contributed by atoms with E-state index in [1.807, 2.05) is 74.5 Å². The third-order valence-corrected chi connectivity index (χ3v) is 4.85. The smallest absolute Gasteiger partial charge is 0.165 e. The van der Waals surface area contributed by atoms with Crippen LogP contribution in [0, 0.1) is 0 Å². The number of aromatic hydroxyl groups is 2. The van der Waals surface area contributed by atoms with Gasteiger partial charge in [0.15, 0.2) is 23.0 Å². The van der Waals surface area contributed by atoms with Crippen molar-refractivity contribution in [3.63, 3.8) is 0 Å². The highest BCUT2D eigenvalue weighted by molar-refractivity contribution is 6.10. The quantitative estimate of drug-likeness (QED) is 0.459. The van der Waals surface area contributed by atoms with Crippen LogP contribution in [-0.4, -0.2) is 23.4 Å². The minimum Gasteiger partial charge on any atom is -0.504 e. The molecule has 4 heteroatoms. The molecule has 0 radical (unpaired) electrons. The van der Waals surface area contributed by atoms with Gasteiger partial charge >= 0.3 is 0 Å². The number of benzene rings is 4. The number of phenolic OH excluding ortho intramolecular Hbond substituents is 2. The zero-order valence-electron chi connectivity index (χ0n) is 15.9. The molecule has 0 unspecified atom stereocenters. The maximum Gasteiger partial charge on any atom is 0.165 e. The number of rotatable bonds is 5. The van der Waals surface area contributed by atoms with Crippen molar-refractivity contribution in [1.29, 1.82) is 0 Å². The van der Waals surface area contributed by atoms with Gasteiger partial charge in [0, 0.05) is 10.8 Å². The third kappa shape index (κ3) is 2.87. The molecule has 0 spiro atoms. The first-order chi connectivity index (χ1) is 13.7. The van der Waals surface area contributed by atoms with Crippen LogP contribution in [0.25, 0.3) is 32.7 Å². The number of hydrogen-bond acceptors (Lipinski definition) is 4. The standard InChI is InChI=1S/C24H22O4/c1-3-27-21-13-19(15-9-5-7-11-17(15)23(21)25)20-14-22(28-4-2)24(26)18-12-8-6-10-16(18)20/h5-14,25-26H,3-4H2,1-2H3. The lowest BCUT2D eigenvalue weighted by Gasteiger charge is -2.17. The monoisotopic (exact) mass is 374 g/mol. The molecule has 0 saturated carbocycles. The van der Waals surface area contributed by atoms with Crippen molar-refractivity contribution < 1.29 is 19.7 Å². The Bertz CT molecular complexity index is 1070. The first kappa shape index (κ1) is 18.0. The molecule has 0 aliphatic carbocycles. The lowest BCUT2D eigenvalue weighted by atomic mass is 9.92. The molecular formula is C24H22O4. The summed E-state index contributed by atoms with van der Waals surface area (Å²) in [7, 11) is 0. The Morgan fingerprint density at radius 3 is 1.32 bits per heavy atom. The van der Waals surface area contributed by atoms with Gasteiger partial charge in [0.05, 0.1) is 13.2 Å². The van der Waals surface area contributed by atoms with E-state index in [4.69, 9.17) is 9.47 Å². The molecule has 0 aliphatic heterocycles. The van der Waals surface area contributed by atoms with Gasteiger partial charge in [0.25, 0.3) is 0 Å². The fourth-order valence-corrected chi connectivity index (χ4v) is 3.65. The Morgan fingerprint density at radius 1 is 0.607 bits per heavy atom. The van der Waals surface area contributed by atoms with Crippen LogP contribution in [0.5, 0.6) is 23.0 Å². The van der Waals surface area contributed by atoms with E-state index in [2.05, 4.69) is 0 Å². The highest BCUT2D eigenvalue weighted by atomic mass is 16.5. The van der Waals surface area contributed by atoms with Crippen molar-refractivity contribution in [3.05, 3.63) is 60.7 Å². The first-order valence-electron chi connectivity index (χ1n) is 9.41. The fraction of sp³-hybridized carbons (Fsp3) is 0.167. The maximum atomic E-state index is 10.7. The fourth-order valence-electron chi connectivity index (χ4n) is 3.65. The maximum absolute atomic E-state index is 10.7. The molecular weight excluding hydrogens is 352 g/mol. The van der Waals surface area contributed by atoms with Crippen LogP contribution >= 0.6 is 0 Å². The molecule has 0 fully saturated rings. The van der Waals surface area contributed by atoms with Crippen molar-refractivity contribution in [3.8, 4) is 34.1 Å². The van der Waals surface area contributed by atoms with E-state index in [0.717, 1.165) is 32.7 Å². The van der Waals surface area contributed by atoms with E-state index in [-0.39, 0.29) is 11.5 Å². The second kappa shape index (κ2) is 7.31. The third-order valence-electron chi connectivity index (χ3n) is 4.85. The van der Waals surface area contributed by atoms with E-state index in [0.29, 0.717) is 24.7 Å². The average molecular weight is 374 g/mol. The van der Waals surface area contributed by atoms with Crippen LogP contribution < -0.4 is 9.47 Å². The summed E-state index contributed by atoms with van der Waals surface area (Å²) in [4.78, 5) is 0. The molecule has 0 aliphatic rings. The predicted octanol–water partition coefficient (Wildman–Crippen LogP) is 5.87. The zero-order valence-corrected chi connectivity index (χ0v) is 15.9. The summed E-state index contributed by atoms with van der Waals surface area (Å²) in [5, 5.41) is 24.6. The van der Waals surface area contributed by atoms with E-state index in [1.165, 1.54) is 0 Å². The summed E-state index contributed by atoms with van der Waals surface area (Å²) < 4.78 is 11.4. The SMILES string of the molecule is CCOc1cc(-c2cc(OCC)c(O)c3ccccc23)c2ccccc2c1O. The average Bonchev–Trinajstić information content (AvgIpc) is 2.73. The number of hydrogen-bond donors (Lipinski definition) is 2. The van der Waals surface area contributed by atoms with Crippen molar-refractivity contribution in [2.75, 3.05) is 13.2 Å². The molecule has 142 valence electrons. The first-order valence-corrected chi connectivity index (χ1v) is 9.41. The lowest BCUT2D eigenvalue weighted by Crippen LogP contribution is -1.96. The summed E-state index contributed by atoms with van der Waals surface area (Å²) in [6.07, 6.45) is 0. The zero-order chi connectivity index (χ0) is 19.7. The minimum absolute atomic E-state index is 0.134. The van der Waals surface area contributed by atoms with Crippen LogP contribution in [0.1, 0.15) is 13.8 Å². The van der Waals surface area contributed by atoms with Gasteiger partial charge in [-0.15, -0.1) is 0 Å². The van der Waals surface area contributed by atoms with Crippen LogP contribution in [-0.2, 0) is 0 Å². The highest BCUT2D eigenvalue weighted by Gasteiger charge is 2.18. The van der Waals surface area contributed by atoms with Gasteiger partial charge in [-0.05, 0) is 47.9 Å². The topological polar surface area (TPSA) is 58.9 Å². The van der Waals surface area contributed by atoms with E-state index in [1.54, 1.807) is 0 Å². The summed E-state index contributed by atoms with van der Waals surface area (Å²) in [6, 6.07) is 19.1. The summed E-state index contributed by atoms with van der Waals surface area (Å²) in [6.45, 7) is 4.67. The van der Waals surface area contributed by atoms with Gasteiger partial charge < -0.3 is 19.7 Å². The van der Waals surface area contributed by atoms with E-state index >= 15 is 0 Å². The number of fused-ring (bicyclic) bond motifs is 2. The van der Waals surface area contributed by atoms with Gasteiger partial charge in [-0.1, -0.05) is 48.5 Å². The van der Waals surface area contributed by atoms with Crippen LogP contribution in [0.15, 0.2) is 60.7 Å². The normalized spacial score (nSPS) is 11.1. The Balaban J connectivity index is 2.12. The molecule has 28 heavy (non-hydrogen) atoms. The summed E-state index contributed by atoms with van der Waals surface area (Å²) in [5.41, 5.74) is 1.82. The molecule has 2 N–H and O–H groups in total. The van der Waals surface area contributed by atoms with Crippen molar-refractivity contribution in [2.24, 2.45) is 0 Å². The van der Waals surface area contributed by atoms with E-state index in [9.17, 15) is 10.2 Å². The van der Waals surface area contributed by atoms with Gasteiger partial charge in [0.2, 0.25) is 0 Å². The van der Waals surface area contributed by atoms with E-state index < -0.39 is 0 Å². The Morgan fingerprint density at radius 2 is 0.964 bits per heavy atom. The van der Waals surface area contributed by atoms with Crippen molar-refractivity contribution in [1.82, 2.24) is 0 Å². The largest absolute Gasteiger partial charge is 0.504 e. The molecule has 0 aromatic heterocycles. The van der Waals surface area contributed by atoms with Crippen LogP contribution in [0.3, 0.4) is 0 Å². The van der Waals surface area contributed by atoms with Gasteiger partial charge in [-0.25, -0.2) is 0 Å². The Hall–Kier alpha value is -3.40. The highest BCUT2D eigenvalue weighted by Crippen LogP contribution is 2.46. The van der Waals surface area contributed by atoms with Crippen LogP contribution in [0.4, 0.5) is 0 Å². The minimum atomic E-state index is 0.134. The van der Waals surface area contributed by atoms with Crippen molar-refractivity contribution >= 4 is 21.5 Å². The molecule has 4 aromatic rings. The Labute approximate surface area is 163 Å². The molecule has 0 bridgehead atoms. The molecule has 4 rings (SSSR count). The molecule has 4 nitrogen and oxygen atoms in total. The second-order valence-electron chi connectivity index (χ2n) is 6.50. The van der Waals surface area contributed by atoms with Gasteiger partial charge in [0.1, 0.15) is 0 Å². The molecule has 4 aromatic carbocycles. The Kier molecular flexibility index (Phi) is 4.70. The number of ether oxygens (including phenoxy) is 2. The second-order valence-corrected chi connectivity index (χ2v) is 6.50. The molecule has 0 saturated heterocycles. The van der Waals surface area contributed by atoms with Gasteiger partial charge in [-0.2, -0.15) is 0 Å². The van der Waals surface area contributed by atoms with Crippen molar-refractivity contribution in [2.45, 2.75) is 13.8 Å². The summed E-state index contributed by atoms with van der Waals surface area (Å²) in [5.74, 6) is 1.14.